The summed E-state index contributed by atoms with van der Waals surface area (Å²) in [5.74, 6) is -0.658. The maximum absolute atomic E-state index is 13.3. The molecule has 0 amide bonds. The summed E-state index contributed by atoms with van der Waals surface area (Å²) in [7, 11) is -3.99. The monoisotopic (exact) mass is 433 g/mol. The van der Waals surface area contributed by atoms with Gasteiger partial charge in [0.1, 0.15) is 6.61 Å². The lowest BCUT2D eigenvalue weighted by Gasteiger charge is -2.23. The van der Waals surface area contributed by atoms with E-state index in [4.69, 9.17) is 4.74 Å². The van der Waals surface area contributed by atoms with E-state index in [2.05, 4.69) is 6.58 Å². The summed E-state index contributed by atoms with van der Waals surface area (Å²) < 4.78 is 32.8. The quantitative estimate of drug-likeness (QED) is 0.374. The van der Waals surface area contributed by atoms with Crippen molar-refractivity contribution >= 4 is 21.7 Å². The average molecular weight is 434 g/mol. The zero-order valence-electron chi connectivity index (χ0n) is 17.1. The number of ether oxygens (including phenoxy) is 1. The van der Waals surface area contributed by atoms with E-state index >= 15 is 0 Å². The van der Waals surface area contributed by atoms with Crippen LogP contribution in [-0.2, 0) is 26.2 Å². The number of aryl methyl sites for hydroxylation is 1. The third-order valence-corrected chi connectivity index (χ3v) is 6.25. The fraction of sp³-hybridized carbons (Fsp3) is 0.0800. The zero-order valence-corrected chi connectivity index (χ0v) is 18.0. The second-order valence-corrected chi connectivity index (χ2v) is 8.65. The molecule has 6 heteroatoms. The molecule has 0 unspecified atom stereocenters. The van der Waals surface area contributed by atoms with Crippen LogP contribution in [0.1, 0.15) is 16.7 Å². The molecule has 0 aliphatic carbocycles. The molecule has 3 rings (SSSR count). The Kier molecular flexibility index (Phi) is 7.05. The number of carbonyl (C=O) groups excluding carboxylic acids is 1. The highest BCUT2D eigenvalue weighted by Gasteiger charge is 2.25. The molecule has 0 saturated heterocycles. The summed E-state index contributed by atoms with van der Waals surface area (Å²) in [4.78, 5) is 12.3. The second-order valence-electron chi connectivity index (χ2n) is 6.84. The first-order chi connectivity index (χ1) is 14.9. The molecule has 0 spiro atoms. The smallest absolute Gasteiger partial charge is 0.332 e. The van der Waals surface area contributed by atoms with Gasteiger partial charge in [0.25, 0.3) is 10.0 Å². The summed E-state index contributed by atoms with van der Waals surface area (Å²) in [6, 6.07) is 24.6. The van der Waals surface area contributed by atoms with Crippen molar-refractivity contribution in [3.63, 3.8) is 0 Å². The Morgan fingerprint density at radius 3 is 2.13 bits per heavy atom. The second kappa shape index (κ2) is 9.91. The Labute approximate surface area is 183 Å². The van der Waals surface area contributed by atoms with E-state index in [0.717, 1.165) is 21.5 Å². The van der Waals surface area contributed by atoms with Crippen LogP contribution in [0.2, 0.25) is 0 Å². The third-order valence-electron chi connectivity index (χ3n) is 4.52. The van der Waals surface area contributed by atoms with Gasteiger partial charge in [0, 0.05) is 12.3 Å². The predicted molar refractivity (Wildman–Crippen MR) is 121 cm³/mol. The Morgan fingerprint density at radius 1 is 0.935 bits per heavy atom. The zero-order chi connectivity index (χ0) is 22.3. The standard InChI is InChI=1S/C25H23NO4S/c1-20-13-15-24(16-14-20)31(28,29)26(21(2)23-11-7-4-8-12-23)18-17-25(27)30-19-22-9-5-3-6-10-22/h3-18H,2,19H2,1H3/b18-17+. The first-order valence-electron chi connectivity index (χ1n) is 9.62. The lowest BCUT2D eigenvalue weighted by molar-refractivity contribution is -0.139. The Balaban J connectivity index is 1.86. The van der Waals surface area contributed by atoms with Crippen LogP contribution in [0.5, 0.6) is 0 Å². The molecule has 0 heterocycles. The van der Waals surface area contributed by atoms with Crippen molar-refractivity contribution < 1.29 is 17.9 Å². The molecule has 0 saturated carbocycles. The Hall–Kier alpha value is -3.64. The molecular formula is C25H23NO4S. The van der Waals surface area contributed by atoms with Crippen LogP contribution in [0.3, 0.4) is 0 Å². The topological polar surface area (TPSA) is 63.7 Å². The van der Waals surface area contributed by atoms with Crippen LogP contribution in [0.4, 0.5) is 0 Å². The van der Waals surface area contributed by atoms with Crippen LogP contribution < -0.4 is 0 Å². The molecular weight excluding hydrogens is 410 g/mol. The molecule has 0 radical (unpaired) electrons. The molecule has 5 nitrogen and oxygen atoms in total. The average Bonchev–Trinajstić information content (AvgIpc) is 2.79. The number of nitrogens with zero attached hydrogens (tertiary/aromatic N) is 1. The van der Waals surface area contributed by atoms with Gasteiger partial charge < -0.3 is 4.74 Å². The van der Waals surface area contributed by atoms with Gasteiger partial charge in [0.15, 0.2) is 0 Å². The van der Waals surface area contributed by atoms with E-state index in [9.17, 15) is 13.2 Å². The molecule has 3 aromatic rings. The largest absolute Gasteiger partial charge is 0.458 e. The summed E-state index contributed by atoms with van der Waals surface area (Å²) in [5, 5.41) is 0. The lowest BCUT2D eigenvalue weighted by atomic mass is 10.2. The van der Waals surface area contributed by atoms with Gasteiger partial charge in [0.2, 0.25) is 0 Å². The number of rotatable bonds is 8. The van der Waals surface area contributed by atoms with Crippen molar-refractivity contribution in [2.24, 2.45) is 0 Å². The van der Waals surface area contributed by atoms with E-state index in [0.29, 0.717) is 5.56 Å². The van der Waals surface area contributed by atoms with Crippen LogP contribution >= 0.6 is 0 Å². The Morgan fingerprint density at radius 2 is 1.52 bits per heavy atom. The highest BCUT2D eigenvalue weighted by atomic mass is 32.2. The van der Waals surface area contributed by atoms with Crippen LogP contribution in [0.25, 0.3) is 5.70 Å². The van der Waals surface area contributed by atoms with E-state index in [-0.39, 0.29) is 17.2 Å². The van der Waals surface area contributed by atoms with Gasteiger partial charge in [-0.2, -0.15) is 0 Å². The van der Waals surface area contributed by atoms with Crippen LogP contribution in [-0.4, -0.2) is 18.7 Å². The SMILES string of the molecule is C=C(c1ccccc1)N(/C=C/C(=O)OCc1ccccc1)S(=O)(=O)c1ccc(C)cc1. The summed E-state index contributed by atoms with van der Waals surface area (Å²) in [6.07, 6.45) is 2.26. The molecule has 0 bridgehead atoms. The van der Waals surface area contributed by atoms with Gasteiger partial charge in [-0.3, -0.25) is 0 Å². The number of hydrogen-bond acceptors (Lipinski definition) is 4. The minimum Gasteiger partial charge on any atom is -0.458 e. The van der Waals surface area contributed by atoms with E-state index < -0.39 is 16.0 Å². The third kappa shape index (κ3) is 5.71. The van der Waals surface area contributed by atoms with Crippen molar-refractivity contribution in [1.82, 2.24) is 4.31 Å². The number of benzene rings is 3. The number of esters is 1. The van der Waals surface area contributed by atoms with Crippen molar-refractivity contribution in [2.75, 3.05) is 0 Å². The van der Waals surface area contributed by atoms with Gasteiger partial charge in [-0.1, -0.05) is 84.9 Å². The minimum atomic E-state index is -3.99. The molecule has 31 heavy (non-hydrogen) atoms. The maximum Gasteiger partial charge on any atom is 0.332 e. The molecule has 158 valence electrons. The highest BCUT2D eigenvalue weighted by molar-refractivity contribution is 7.89. The van der Waals surface area contributed by atoms with Gasteiger partial charge in [-0.15, -0.1) is 0 Å². The summed E-state index contributed by atoms with van der Waals surface area (Å²) >= 11 is 0. The van der Waals surface area contributed by atoms with Gasteiger partial charge in [-0.25, -0.2) is 17.5 Å². The molecule has 0 N–H and O–H groups in total. The summed E-state index contributed by atoms with van der Waals surface area (Å²) in [6.45, 7) is 5.92. The number of sulfonamides is 1. The van der Waals surface area contributed by atoms with E-state index in [1.54, 1.807) is 36.4 Å². The van der Waals surface area contributed by atoms with E-state index in [1.165, 1.54) is 18.3 Å². The lowest BCUT2D eigenvalue weighted by Crippen LogP contribution is -2.25. The fourth-order valence-corrected chi connectivity index (χ4v) is 4.13. The first-order valence-corrected chi connectivity index (χ1v) is 11.1. The fourth-order valence-electron chi connectivity index (χ4n) is 2.80. The van der Waals surface area contributed by atoms with Crippen molar-refractivity contribution in [3.05, 3.63) is 120 Å². The molecule has 3 aromatic carbocycles. The number of hydrogen-bond donors (Lipinski definition) is 0. The summed E-state index contributed by atoms with van der Waals surface area (Å²) in [5.41, 5.74) is 2.60. The normalized spacial score (nSPS) is 11.3. The van der Waals surface area contributed by atoms with Crippen molar-refractivity contribution in [3.8, 4) is 0 Å². The molecule has 0 aromatic heterocycles. The van der Waals surface area contributed by atoms with Crippen LogP contribution in [0.15, 0.2) is 109 Å². The Bertz CT molecular complexity index is 1170. The van der Waals surface area contributed by atoms with Gasteiger partial charge >= 0.3 is 5.97 Å². The first kappa shape index (κ1) is 22.1. The van der Waals surface area contributed by atoms with Crippen molar-refractivity contribution in [2.45, 2.75) is 18.4 Å². The molecule has 0 aliphatic rings. The molecule has 0 atom stereocenters. The molecule has 0 aliphatic heterocycles. The highest BCUT2D eigenvalue weighted by Crippen LogP contribution is 2.26. The minimum absolute atomic E-state index is 0.0916. The van der Waals surface area contributed by atoms with Crippen molar-refractivity contribution in [1.29, 1.82) is 0 Å². The van der Waals surface area contributed by atoms with Gasteiger partial charge in [0.05, 0.1) is 10.6 Å². The molecule has 0 fully saturated rings. The predicted octanol–water partition coefficient (Wildman–Crippen LogP) is 4.91. The maximum atomic E-state index is 13.3. The van der Waals surface area contributed by atoms with E-state index in [1.807, 2.05) is 43.3 Å². The van der Waals surface area contributed by atoms with Crippen LogP contribution in [0, 0.1) is 6.92 Å². The van der Waals surface area contributed by atoms with Gasteiger partial charge in [-0.05, 0) is 30.2 Å². The number of carbonyl (C=O) groups is 1.